The highest BCUT2D eigenvalue weighted by Gasteiger charge is 2.37. The summed E-state index contributed by atoms with van der Waals surface area (Å²) < 4.78 is 6.09. The van der Waals surface area contributed by atoms with Crippen molar-refractivity contribution in [2.45, 2.75) is 39.2 Å². The second kappa shape index (κ2) is 7.53. The van der Waals surface area contributed by atoms with Crippen LogP contribution in [0.4, 0.5) is 0 Å². The van der Waals surface area contributed by atoms with Crippen molar-refractivity contribution in [3.63, 3.8) is 0 Å². The monoisotopic (exact) mass is 325 g/mol. The molecule has 1 saturated heterocycles. The molecule has 2 heterocycles. The SMILES string of the molecule is CCOC1(CN(C)C(=O)c2csc(C)n2)CCN(CC)CC1. The van der Waals surface area contributed by atoms with E-state index >= 15 is 0 Å². The molecule has 0 bridgehead atoms. The van der Waals surface area contributed by atoms with Gasteiger partial charge in [0.25, 0.3) is 5.91 Å². The van der Waals surface area contributed by atoms with Crippen LogP contribution in [0, 0.1) is 6.92 Å². The van der Waals surface area contributed by atoms with Crippen LogP contribution in [0.15, 0.2) is 5.38 Å². The number of amides is 1. The lowest BCUT2D eigenvalue weighted by molar-refractivity contribution is -0.0888. The van der Waals surface area contributed by atoms with Crippen LogP contribution in [0.3, 0.4) is 0 Å². The number of aromatic nitrogens is 1. The molecule has 5 nitrogen and oxygen atoms in total. The first kappa shape index (κ1) is 17.4. The van der Waals surface area contributed by atoms with Crippen molar-refractivity contribution in [2.75, 3.05) is 39.8 Å². The maximum atomic E-state index is 12.5. The summed E-state index contributed by atoms with van der Waals surface area (Å²) in [6, 6.07) is 0. The summed E-state index contributed by atoms with van der Waals surface area (Å²) >= 11 is 1.51. The molecule has 6 heteroatoms. The zero-order chi connectivity index (χ0) is 16.2. The summed E-state index contributed by atoms with van der Waals surface area (Å²) in [4.78, 5) is 21.0. The Kier molecular flexibility index (Phi) is 5.94. The lowest BCUT2D eigenvalue weighted by atomic mass is 9.90. The van der Waals surface area contributed by atoms with Gasteiger partial charge >= 0.3 is 0 Å². The summed E-state index contributed by atoms with van der Waals surface area (Å²) in [5, 5.41) is 2.76. The summed E-state index contributed by atoms with van der Waals surface area (Å²) in [6.45, 7) is 10.6. The van der Waals surface area contributed by atoms with E-state index in [9.17, 15) is 4.79 Å². The Bertz CT molecular complexity index is 495. The summed E-state index contributed by atoms with van der Waals surface area (Å²) in [5.41, 5.74) is 0.332. The molecular formula is C16H27N3O2S. The third-order valence-corrected chi connectivity index (χ3v) is 5.15. The van der Waals surface area contributed by atoms with Crippen molar-refractivity contribution in [1.29, 1.82) is 0 Å². The summed E-state index contributed by atoms with van der Waals surface area (Å²) in [7, 11) is 1.85. The Morgan fingerprint density at radius 1 is 1.45 bits per heavy atom. The Morgan fingerprint density at radius 3 is 2.64 bits per heavy atom. The van der Waals surface area contributed by atoms with E-state index in [-0.39, 0.29) is 11.5 Å². The zero-order valence-corrected chi connectivity index (χ0v) is 14.9. The quantitative estimate of drug-likeness (QED) is 0.806. The molecule has 0 atom stereocenters. The van der Waals surface area contributed by atoms with Gasteiger partial charge in [-0.3, -0.25) is 4.79 Å². The number of carbonyl (C=O) groups excluding carboxylic acids is 1. The minimum absolute atomic E-state index is 0.0126. The van der Waals surface area contributed by atoms with Gasteiger partial charge in [-0.05, 0) is 33.2 Å². The number of likely N-dealkylation sites (tertiary alicyclic amines) is 1. The number of ether oxygens (including phenoxy) is 1. The standard InChI is InChI=1S/C16H27N3O2S/c1-5-19-9-7-16(8-10-19,21-6-2)12-18(4)15(20)14-11-22-13(3)17-14/h11H,5-10,12H2,1-4H3. The fourth-order valence-electron chi connectivity index (χ4n) is 3.09. The van der Waals surface area contributed by atoms with Gasteiger partial charge in [-0.1, -0.05) is 6.92 Å². The van der Waals surface area contributed by atoms with Gasteiger partial charge in [-0.2, -0.15) is 0 Å². The predicted octanol–water partition coefficient (Wildman–Crippen LogP) is 2.41. The highest BCUT2D eigenvalue weighted by molar-refractivity contribution is 7.09. The molecule has 1 aliphatic rings. The van der Waals surface area contributed by atoms with Crippen molar-refractivity contribution >= 4 is 17.2 Å². The molecule has 0 spiro atoms. The van der Waals surface area contributed by atoms with Crippen LogP contribution >= 0.6 is 11.3 Å². The summed E-state index contributed by atoms with van der Waals surface area (Å²) in [5.74, 6) is -0.0126. The molecule has 1 amide bonds. The minimum Gasteiger partial charge on any atom is -0.373 e. The molecule has 1 fully saturated rings. The van der Waals surface area contributed by atoms with Gasteiger partial charge in [-0.15, -0.1) is 11.3 Å². The van der Waals surface area contributed by atoms with Gasteiger partial charge in [-0.25, -0.2) is 4.98 Å². The maximum Gasteiger partial charge on any atom is 0.273 e. The lowest BCUT2D eigenvalue weighted by Gasteiger charge is -2.43. The number of rotatable bonds is 6. The van der Waals surface area contributed by atoms with Crippen molar-refractivity contribution in [1.82, 2.24) is 14.8 Å². The Hall–Kier alpha value is -0.980. The number of thiazole rings is 1. The first-order valence-corrected chi connectivity index (χ1v) is 8.91. The molecule has 1 aromatic rings. The fourth-order valence-corrected chi connectivity index (χ4v) is 3.68. The lowest BCUT2D eigenvalue weighted by Crippen LogP contribution is -2.52. The first-order valence-electron chi connectivity index (χ1n) is 8.03. The van der Waals surface area contributed by atoms with E-state index in [2.05, 4.69) is 16.8 Å². The normalized spacial score (nSPS) is 18.4. The van der Waals surface area contributed by atoms with Gasteiger partial charge in [0, 0.05) is 38.7 Å². The number of hydrogen-bond acceptors (Lipinski definition) is 5. The van der Waals surface area contributed by atoms with Crippen molar-refractivity contribution in [2.24, 2.45) is 0 Å². The molecule has 1 aliphatic heterocycles. The highest BCUT2D eigenvalue weighted by atomic mass is 32.1. The second-order valence-corrected chi connectivity index (χ2v) is 7.03. The van der Waals surface area contributed by atoms with Gasteiger partial charge < -0.3 is 14.5 Å². The molecule has 0 aromatic carbocycles. The maximum absolute atomic E-state index is 12.5. The number of aryl methyl sites for hydroxylation is 1. The van der Waals surface area contributed by atoms with E-state index in [0.717, 1.165) is 37.5 Å². The van der Waals surface area contributed by atoms with Crippen LogP contribution < -0.4 is 0 Å². The molecule has 2 rings (SSSR count). The number of likely N-dealkylation sites (N-methyl/N-ethyl adjacent to an activating group) is 1. The van der Waals surface area contributed by atoms with Crippen molar-refractivity contribution < 1.29 is 9.53 Å². The molecule has 22 heavy (non-hydrogen) atoms. The van der Waals surface area contributed by atoms with Crippen LogP contribution in [0.5, 0.6) is 0 Å². The fraction of sp³-hybridized carbons (Fsp3) is 0.750. The predicted molar refractivity (Wildman–Crippen MR) is 89.5 cm³/mol. The second-order valence-electron chi connectivity index (χ2n) is 5.96. The average Bonchev–Trinajstić information content (AvgIpc) is 2.94. The van der Waals surface area contributed by atoms with E-state index in [1.165, 1.54) is 11.3 Å². The smallest absolute Gasteiger partial charge is 0.273 e. The topological polar surface area (TPSA) is 45.7 Å². The largest absolute Gasteiger partial charge is 0.373 e. The Balaban J connectivity index is 2.02. The zero-order valence-electron chi connectivity index (χ0n) is 14.1. The molecule has 0 N–H and O–H groups in total. The van der Waals surface area contributed by atoms with Gasteiger partial charge in [0.05, 0.1) is 10.6 Å². The van der Waals surface area contributed by atoms with Crippen molar-refractivity contribution in [3.05, 3.63) is 16.1 Å². The van der Waals surface area contributed by atoms with Gasteiger partial charge in [0.2, 0.25) is 0 Å². The molecule has 0 radical (unpaired) electrons. The third-order valence-electron chi connectivity index (χ3n) is 4.38. The van der Waals surface area contributed by atoms with E-state index < -0.39 is 0 Å². The van der Waals surface area contributed by atoms with E-state index in [1.807, 2.05) is 26.3 Å². The van der Waals surface area contributed by atoms with Crippen LogP contribution in [0.1, 0.15) is 42.2 Å². The van der Waals surface area contributed by atoms with E-state index in [4.69, 9.17) is 4.74 Å². The third kappa shape index (κ3) is 4.06. The van der Waals surface area contributed by atoms with Crippen molar-refractivity contribution in [3.8, 4) is 0 Å². The molecule has 0 unspecified atom stereocenters. The van der Waals surface area contributed by atoms with Crippen LogP contribution in [-0.4, -0.2) is 66.1 Å². The number of piperidine rings is 1. The number of carbonyl (C=O) groups is 1. The van der Waals surface area contributed by atoms with Crippen LogP contribution in [0.25, 0.3) is 0 Å². The Labute approximate surface area is 137 Å². The van der Waals surface area contributed by atoms with Gasteiger partial charge in [0.15, 0.2) is 0 Å². The average molecular weight is 325 g/mol. The minimum atomic E-state index is -0.212. The van der Waals surface area contributed by atoms with E-state index in [1.54, 1.807) is 4.90 Å². The van der Waals surface area contributed by atoms with Gasteiger partial charge in [0.1, 0.15) is 5.69 Å². The molecule has 0 saturated carbocycles. The highest BCUT2D eigenvalue weighted by Crippen LogP contribution is 2.28. The number of hydrogen-bond donors (Lipinski definition) is 0. The molecule has 1 aromatic heterocycles. The number of nitrogens with zero attached hydrogens (tertiary/aromatic N) is 3. The Morgan fingerprint density at radius 2 is 2.14 bits per heavy atom. The molecule has 124 valence electrons. The van der Waals surface area contributed by atoms with Crippen LogP contribution in [0.2, 0.25) is 0 Å². The summed E-state index contributed by atoms with van der Waals surface area (Å²) in [6.07, 6.45) is 1.95. The molecule has 0 aliphatic carbocycles. The van der Waals surface area contributed by atoms with E-state index in [0.29, 0.717) is 18.8 Å². The molecular weight excluding hydrogens is 298 g/mol. The first-order chi connectivity index (χ1) is 10.5. The van der Waals surface area contributed by atoms with Crippen LogP contribution in [-0.2, 0) is 4.74 Å².